The Morgan fingerprint density at radius 2 is 1.97 bits per heavy atom. The number of phenolic OH excluding ortho intramolecular Hbond substituents is 1. The molecule has 2 heterocycles. The summed E-state index contributed by atoms with van der Waals surface area (Å²) in [6.45, 7) is 9.08. The van der Waals surface area contributed by atoms with Crippen LogP contribution in [0.2, 0.25) is 5.02 Å². The molecule has 0 saturated carbocycles. The number of carbonyl (C=O) groups excluding carboxylic acids is 1. The predicted octanol–water partition coefficient (Wildman–Crippen LogP) is 5.67. The van der Waals surface area contributed by atoms with Crippen molar-refractivity contribution in [2.75, 3.05) is 13.2 Å². The van der Waals surface area contributed by atoms with E-state index in [4.69, 9.17) is 16.3 Å². The SMILES string of the molecule is CCc1ccc(C2c3c(-c4cc(Cl)c(C)cc4O)n[nH]c3C(=O)N2CCCOC(C)C)cc1. The first-order valence-corrected chi connectivity index (χ1v) is 11.8. The van der Waals surface area contributed by atoms with Crippen molar-refractivity contribution in [1.29, 1.82) is 0 Å². The molecule has 33 heavy (non-hydrogen) atoms. The Morgan fingerprint density at radius 1 is 1.24 bits per heavy atom. The van der Waals surface area contributed by atoms with Crippen LogP contribution in [0.3, 0.4) is 0 Å². The van der Waals surface area contributed by atoms with Crippen LogP contribution in [0, 0.1) is 6.92 Å². The van der Waals surface area contributed by atoms with Gasteiger partial charge in [-0.3, -0.25) is 9.89 Å². The van der Waals surface area contributed by atoms with Gasteiger partial charge >= 0.3 is 0 Å². The molecule has 1 amide bonds. The number of carbonyl (C=O) groups is 1. The quantitative estimate of drug-likeness (QED) is 0.418. The van der Waals surface area contributed by atoms with Gasteiger partial charge < -0.3 is 14.7 Å². The van der Waals surface area contributed by atoms with Gasteiger partial charge in [-0.05, 0) is 62.4 Å². The summed E-state index contributed by atoms with van der Waals surface area (Å²) in [5, 5.41) is 18.6. The molecule has 0 saturated heterocycles. The van der Waals surface area contributed by atoms with Crippen molar-refractivity contribution >= 4 is 17.5 Å². The van der Waals surface area contributed by atoms with Gasteiger partial charge in [-0.2, -0.15) is 5.10 Å². The number of nitrogens with one attached hydrogen (secondary N) is 1. The molecule has 1 aliphatic rings. The van der Waals surface area contributed by atoms with Crippen molar-refractivity contribution in [2.24, 2.45) is 0 Å². The Labute approximate surface area is 199 Å². The average Bonchev–Trinajstić information content (AvgIpc) is 3.33. The minimum atomic E-state index is -0.314. The average molecular weight is 468 g/mol. The number of hydrogen-bond donors (Lipinski definition) is 2. The molecule has 0 bridgehead atoms. The first kappa shape index (κ1) is 23.3. The number of benzene rings is 2. The number of fused-ring (bicyclic) bond motifs is 1. The highest BCUT2D eigenvalue weighted by atomic mass is 35.5. The Morgan fingerprint density at radius 3 is 2.64 bits per heavy atom. The minimum absolute atomic E-state index is 0.0857. The number of phenols is 1. The third kappa shape index (κ3) is 4.50. The predicted molar refractivity (Wildman–Crippen MR) is 130 cm³/mol. The van der Waals surface area contributed by atoms with Gasteiger partial charge in [0.15, 0.2) is 0 Å². The van der Waals surface area contributed by atoms with Crippen molar-refractivity contribution < 1.29 is 14.6 Å². The van der Waals surface area contributed by atoms with Gasteiger partial charge in [-0.25, -0.2) is 0 Å². The highest BCUT2D eigenvalue weighted by Gasteiger charge is 2.42. The summed E-state index contributed by atoms with van der Waals surface area (Å²) in [5.41, 5.74) is 5.29. The lowest BCUT2D eigenvalue weighted by Crippen LogP contribution is -2.31. The lowest BCUT2D eigenvalue weighted by Gasteiger charge is -2.27. The second-order valence-electron chi connectivity index (χ2n) is 8.75. The summed E-state index contributed by atoms with van der Waals surface area (Å²) in [5.74, 6) is -0.0157. The van der Waals surface area contributed by atoms with E-state index in [0.29, 0.717) is 35.1 Å². The molecule has 4 rings (SSSR count). The Bertz CT molecular complexity index is 1150. The Kier molecular flexibility index (Phi) is 6.77. The molecule has 0 radical (unpaired) electrons. The van der Waals surface area contributed by atoms with Gasteiger partial charge in [0, 0.05) is 29.3 Å². The molecular formula is C26H30ClN3O3. The van der Waals surface area contributed by atoms with Gasteiger partial charge in [0.1, 0.15) is 17.1 Å². The van der Waals surface area contributed by atoms with Crippen molar-refractivity contribution in [1.82, 2.24) is 15.1 Å². The molecule has 6 nitrogen and oxygen atoms in total. The molecule has 1 unspecified atom stereocenters. The summed E-state index contributed by atoms with van der Waals surface area (Å²) in [6.07, 6.45) is 1.81. The van der Waals surface area contributed by atoms with E-state index in [1.807, 2.05) is 25.7 Å². The molecule has 174 valence electrons. The van der Waals surface area contributed by atoms with Gasteiger partial charge in [0.2, 0.25) is 0 Å². The van der Waals surface area contributed by atoms with E-state index < -0.39 is 0 Å². The van der Waals surface area contributed by atoms with E-state index in [-0.39, 0.29) is 23.8 Å². The van der Waals surface area contributed by atoms with Crippen molar-refractivity contribution in [2.45, 2.75) is 52.7 Å². The zero-order chi connectivity index (χ0) is 23.7. The highest BCUT2D eigenvalue weighted by Crippen LogP contribution is 2.45. The summed E-state index contributed by atoms with van der Waals surface area (Å²) in [7, 11) is 0. The molecule has 0 aliphatic carbocycles. The van der Waals surface area contributed by atoms with Gasteiger partial charge in [0.05, 0.1) is 12.1 Å². The monoisotopic (exact) mass is 467 g/mol. The summed E-state index contributed by atoms with van der Waals surface area (Å²) in [6, 6.07) is 11.4. The zero-order valence-corrected chi connectivity index (χ0v) is 20.2. The van der Waals surface area contributed by atoms with Crippen molar-refractivity contribution in [3.8, 4) is 17.0 Å². The lowest BCUT2D eigenvalue weighted by molar-refractivity contribution is 0.0601. The largest absolute Gasteiger partial charge is 0.507 e. The third-order valence-corrected chi connectivity index (χ3v) is 6.50. The molecule has 1 aromatic heterocycles. The molecular weight excluding hydrogens is 438 g/mol. The van der Waals surface area contributed by atoms with Crippen LogP contribution in [0.1, 0.15) is 66.0 Å². The second kappa shape index (κ2) is 9.57. The van der Waals surface area contributed by atoms with Crippen molar-refractivity contribution in [3.05, 3.63) is 69.4 Å². The topological polar surface area (TPSA) is 78.5 Å². The normalized spacial score (nSPS) is 15.5. The maximum atomic E-state index is 13.4. The molecule has 2 aromatic carbocycles. The second-order valence-corrected chi connectivity index (χ2v) is 9.16. The van der Waals surface area contributed by atoms with Gasteiger partial charge in [-0.1, -0.05) is 42.8 Å². The molecule has 1 atom stereocenters. The molecule has 0 spiro atoms. The van der Waals surface area contributed by atoms with Crippen LogP contribution in [0.5, 0.6) is 5.75 Å². The van der Waals surface area contributed by atoms with Crippen LogP contribution >= 0.6 is 11.6 Å². The fraction of sp³-hybridized carbons (Fsp3) is 0.385. The lowest BCUT2D eigenvalue weighted by atomic mass is 9.94. The zero-order valence-electron chi connectivity index (χ0n) is 19.5. The number of aryl methyl sites for hydroxylation is 2. The molecule has 7 heteroatoms. The smallest absolute Gasteiger partial charge is 0.273 e. The number of rotatable bonds is 8. The van der Waals surface area contributed by atoms with Crippen LogP contribution in [0.15, 0.2) is 36.4 Å². The molecule has 0 fully saturated rings. The summed E-state index contributed by atoms with van der Waals surface area (Å²) < 4.78 is 5.69. The number of H-pyrrole nitrogens is 1. The fourth-order valence-corrected chi connectivity index (χ4v) is 4.49. The first-order chi connectivity index (χ1) is 15.8. The summed E-state index contributed by atoms with van der Waals surface area (Å²) in [4.78, 5) is 15.3. The summed E-state index contributed by atoms with van der Waals surface area (Å²) >= 11 is 6.37. The third-order valence-electron chi connectivity index (χ3n) is 6.09. The number of hydrogen-bond acceptors (Lipinski definition) is 4. The number of nitrogens with zero attached hydrogens (tertiary/aromatic N) is 2. The van der Waals surface area contributed by atoms with E-state index in [0.717, 1.165) is 29.5 Å². The minimum Gasteiger partial charge on any atom is -0.507 e. The van der Waals surface area contributed by atoms with Gasteiger partial charge in [0.25, 0.3) is 5.91 Å². The molecule has 2 N–H and O–H groups in total. The fourth-order valence-electron chi connectivity index (χ4n) is 4.32. The maximum absolute atomic E-state index is 13.4. The van der Waals surface area contributed by atoms with Crippen LogP contribution in [-0.2, 0) is 11.2 Å². The molecule has 3 aromatic rings. The number of aromatic amines is 1. The number of aromatic nitrogens is 2. The van der Waals surface area contributed by atoms with E-state index in [1.165, 1.54) is 5.56 Å². The number of aromatic hydroxyl groups is 1. The Balaban J connectivity index is 1.77. The van der Waals surface area contributed by atoms with Crippen LogP contribution in [0.25, 0.3) is 11.3 Å². The van der Waals surface area contributed by atoms with E-state index in [1.54, 1.807) is 12.1 Å². The van der Waals surface area contributed by atoms with Gasteiger partial charge in [-0.15, -0.1) is 0 Å². The number of halogens is 1. The van der Waals surface area contributed by atoms with E-state index >= 15 is 0 Å². The standard InChI is InChI=1S/C26H30ClN3O3/c1-5-17-7-9-18(10-8-17)25-22-23(19-14-20(27)16(4)13-21(19)31)28-29-24(22)26(32)30(25)11-6-12-33-15(2)3/h7-10,13-15,25,31H,5-6,11-12H2,1-4H3,(H,28,29). The number of amides is 1. The van der Waals surface area contributed by atoms with Crippen LogP contribution < -0.4 is 0 Å². The Hall–Kier alpha value is -2.83. The van der Waals surface area contributed by atoms with Crippen LogP contribution in [-0.4, -0.2) is 45.4 Å². The van der Waals surface area contributed by atoms with E-state index in [9.17, 15) is 9.90 Å². The highest BCUT2D eigenvalue weighted by molar-refractivity contribution is 6.31. The van der Waals surface area contributed by atoms with Crippen LogP contribution in [0.4, 0.5) is 0 Å². The van der Waals surface area contributed by atoms with Crippen molar-refractivity contribution in [3.63, 3.8) is 0 Å². The van der Waals surface area contributed by atoms with E-state index in [2.05, 4.69) is 41.4 Å². The maximum Gasteiger partial charge on any atom is 0.273 e. The first-order valence-electron chi connectivity index (χ1n) is 11.4. The molecule has 1 aliphatic heterocycles. The number of ether oxygens (including phenoxy) is 1.